The molecule has 8 nitrogen and oxygen atoms in total. The van der Waals surface area contributed by atoms with Gasteiger partial charge in [-0.2, -0.15) is 13.2 Å². The number of urea groups is 1. The van der Waals surface area contributed by atoms with Crippen molar-refractivity contribution in [3.8, 4) is 0 Å². The van der Waals surface area contributed by atoms with Crippen LogP contribution in [0.25, 0.3) is 0 Å². The van der Waals surface area contributed by atoms with Crippen molar-refractivity contribution in [2.24, 2.45) is 23.5 Å². The van der Waals surface area contributed by atoms with Crippen LogP contribution >= 0.6 is 12.4 Å². The van der Waals surface area contributed by atoms with Crippen LogP contribution in [0.15, 0.2) is 18.3 Å². The molecule has 0 aromatic carbocycles. The zero-order chi connectivity index (χ0) is 23.0. The van der Waals surface area contributed by atoms with Crippen LogP contribution < -0.4 is 16.4 Å². The van der Waals surface area contributed by atoms with E-state index in [1.54, 1.807) is 12.1 Å². The van der Waals surface area contributed by atoms with Gasteiger partial charge in [0.2, 0.25) is 5.91 Å². The Bertz CT molecular complexity index is 854. The van der Waals surface area contributed by atoms with Gasteiger partial charge in [-0.1, -0.05) is 0 Å². The monoisotopic (exact) mass is 491 g/mol. The lowest BCUT2D eigenvalue weighted by Crippen LogP contribution is -2.44. The number of nitrogens with one attached hydrogen (secondary N) is 2. The number of aromatic nitrogens is 1. The number of nitrogens with zero attached hydrogens (tertiary/aromatic N) is 2. The topological polar surface area (TPSA) is 110 Å². The summed E-state index contributed by atoms with van der Waals surface area (Å²) in [5.41, 5.74) is 6.79. The Morgan fingerprint density at radius 2 is 1.97 bits per heavy atom. The predicted molar refractivity (Wildman–Crippen MR) is 117 cm³/mol. The lowest BCUT2D eigenvalue weighted by molar-refractivity contribution is -0.150. The fraction of sp³-hybridized carbons (Fsp3) is 0.667. The third-order valence-electron chi connectivity index (χ3n) is 6.50. The molecular weight excluding hydrogens is 463 g/mol. The summed E-state index contributed by atoms with van der Waals surface area (Å²) in [7, 11) is 1.40. The summed E-state index contributed by atoms with van der Waals surface area (Å²) in [6, 6.07) is -1.04. The van der Waals surface area contributed by atoms with Gasteiger partial charge in [0.05, 0.1) is 25.2 Å². The Morgan fingerprint density at radius 1 is 1.33 bits per heavy atom. The number of carbonyl (C=O) groups excluding carboxylic acids is 2. The number of alkyl halides is 3. The molecule has 1 aromatic heterocycles. The zero-order valence-corrected chi connectivity index (χ0v) is 19.0. The number of carbonyl (C=O) groups is 2. The van der Waals surface area contributed by atoms with E-state index < -0.39 is 36.9 Å². The fourth-order valence-electron chi connectivity index (χ4n) is 4.58. The van der Waals surface area contributed by atoms with Crippen molar-refractivity contribution in [1.29, 1.82) is 0 Å². The Morgan fingerprint density at radius 3 is 2.48 bits per heavy atom. The number of hydrogen-bond donors (Lipinski definition) is 3. The number of halogens is 4. The number of amides is 3. The van der Waals surface area contributed by atoms with Crippen LogP contribution in [0.1, 0.15) is 37.3 Å². The molecule has 0 spiro atoms. The summed E-state index contributed by atoms with van der Waals surface area (Å²) in [5, 5.41) is 4.71. The highest BCUT2D eigenvalue weighted by Gasteiger charge is 2.49. The summed E-state index contributed by atoms with van der Waals surface area (Å²) in [6.07, 6.45) is 1.30. The average Bonchev–Trinajstić information content (AvgIpc) is 3.66. The first-order valence-corrected chi connectivity index (χ1v) is 10.8. The van der Waals surface area contributed by atoms with E-state index in [4.69, 9.17) is 10.5 Å². The molecule has 12 heteroatoms. The molecule has 184 valence electrons. The molecule has 4 N–H and O–H groups in total. The van der Waals surface area contributed by atoms with Gasteiger partial charge in [-0.3, -0.25) is 4.79 Å². The highest BCUT2D eigenvalue weighted by molar-refractivity contribution is 5.94. The van der Waals surface area contributed by atoms with Crippen LogP contribution in [0.4, 0.5) is 23.8 Å². The fourth-order valence-corrected chi connectivity index (χ4v) is 4.58. The summed E-state index contributed by atoms with van der Waals surface area (Å²) in [4.78, 5) is 30.3. The van der Waals surface area contributed by atoms with Crippen molar-refractivity contribution in [3.05, 3.63) is 23.9 Å². The summed E-state index contributed by atoms with van der Waals surface area (Å²) >= 11 is 0. The molecule has 0 bridgehead atoms. The van der Waals surface area contributed by atoms with E-state index in [9.17, 15) is 22.8 Å². The van der Waals surface area contributed by atoms with Crippen LogP contribution in [0.2, 0.25) is 0 Å². The van der Waals surface area contributed by atoms with E-state index in [2.05, 4.69) is 10.3 Å². The maximum absolute atomic E-state index is 13.1. The van der Waals surface area contributed by atoms with Gasteiger partial charge in [0.25, 0.3) is 0 Å². The van der Waals surface area contributed by atoms with Gasteiger partial charge in [0.1, 0.15) is 11.9 Å². The van der Waals surface area contributed by atoms with Gasteiger partial charge in [0, 0.05) is 13.3 Å². The van der Waals surface area contributed by atoms with E-state index in [-0.39, 0.29) is 36.7 Å². The number of anilines is 1. The molecule has 3 fully saturated rings. The van der Waals surface area contributed by atoms with E-state index in [1.165, 1.54) is 13.3 Å². The third kappa shape index (κ3) is 5.88. The molecule has 1 aliphatic heterocycles. The van der Waals surface area contributed by atoms with Crippen LogP contribution in [-0.4, -0.2) is 60.3 Å². The van der Waals surface area contributed by atoms with Crippen molar-refractivity contribution < 1.29 is 27.5 Å². The molecule has 2 saturated carbocycles. The quantitative estimate of drug-likeness (QED) is 0.492. The minimum atomic E-state index is -4.55. The third-order valence-corrected chi connectivity index (χ3v) is 6.50. The van der Waals surface area contributed by atoms with Gasteiger partial charge in [-0.15, -0.1) is 12.4 Å². The van der Waals surface area contributed by atoms with Crippen LogP contribution in [0.3, 0.4) is 0 Å². The Labute approximate surface area is 196 Å². The standard InChI is InChI=1S/C21H28F3N5O3.ClH/c1-32-10-14(29-9-15(21(22,23)24)27-20(29)31)13-6-7-26-16(8-13)28-19(30)18(25)17(11-2-3-11)12-4-5-12;/h6-8,11-12,14-15,17-18H,2-5,9-10,25H2,1H3,(H,27,31)(H,26,28,30);1H/t14-,15+,18+;/m1./s1. The van der Waals surface area contributed by atoms with Gasteiger partial charge in [0.15, 0.2) is 0 Å². The van der Waals surface area contributed by atoms with Gasteiger partial charge in [-0.05, 0) is 61.1 Å². The van der Waals surface area contributed by atoms with E-state index >= 15 is 0 Å². The molecule has 3 aliphatic rings. The SMILES string of the molecule is COC[C@H](c1ccnc(NC(=O)[C@@H](N)C(C2CC2)C2CC2)c1)N1C[C@@H](C(F)(F)F)NC1=O.Cl. The largest absolute Gasteiger partial charge is 0.410 e. The Hall–Kier alpha value is -2.11. The first-order chi connectivity index (χ1) is 15.2. The molecule has 2 heterocycles. The highest BCUT2D eigenvalue weighted by Crippen LogP contribution is 2.50. The number of ether oxygens (including phenoxy) is 1. The second kappa shape index (κ2) is 10.0. The summed E-state index contributed by atoms with van der Waals surface area (Å²) in [5.74, 6) is 1.10. The first-order valence-electron chi connectivity index (χ1n) is 10.8. The number of methoxy groups -OCH3 is 1. The Kier molecular flexibility index (Phi) is 7.75. The number of rotatable bonds is 9. The van der Waals surface area contributed by atoms with Crippen molar-refractivity contribution in [2.75, 3.05) is 25.6 Å². The molecule has 1 aromatic rings. The predicted octanol–water partition coefficient (Wildman–Crippen LogP) is 2.85. The number of hydrogen-bond acceptors (Lipinski definition) is 5. The molecular formula is C21H29ClF3N5O3. The van der Waals surface area contributed by atoms with Crippen LogP contribution in [-0.2, 0) is 9.53 Å². The normalized spacial score (nSPS) is 22.5. The second-order valence-electron chi connectivity index (χ2n) is 8.91. The van der Waals surface area contributed by atoms with E-state index in [1.807, 2.05) is 5.32 Å². The minimum absolute atomic E-state index is 0. The molecule has 3 amide bonds. The maximum Gasteiger partial charge on any atom is 0.410 e. The van der Waals surface area contributed by atoms with Crippen molar-refractivity contribution in [3.63, 3.8) is 0 Å². The number of pyridine rings is 1. The minimum Gasteiger partial charge on any atom is -0.382 e. The lowest BCUT2D eigenvalue weighted by atomic mass is 9.89. The second-order valence-corrected chi connectivity index (χ2v) is 8.91. The van der Waals surface area contributed by atoms with Crippen LogP contribution in [0, 0.1) is 17.8 Å². The van der Waals surface area contributed by atoms with Crippen molar-refractivity contribution >= 4 is 30.2 Å². The van der Waals surface area contributed by atoms with Gasteiger partial charge < -0.3 is 26.0 Å². The average molecular weight is 492 g/mol. The van der Waals surface area contributed by atoms with Crippen molar-refractivity contribution in [2.45, 2.75) is 50.0 Å². The summed E-state index contributed by atoms with van der Waals surface area (Å²) in [6.45, 7) is -0.546. The summed E-state index contributed by atoms with van der Waals surface area (Å²) < 4.78 is 44.4. The van der Waals surface area contributed by atoms with Crippen LogP contribution in [0.5, 0.6) is 0 Å². The van der Waals surface area contributed by atoms with Gasteiger partial charge in [-0.25, -0.2) is 9.78 Å². The van der Waals surface area contributed by atoms with Gasteiger partial charge >= 0.3 is 12.2 Å². The molecule has 4 rings (SSSR count). The van der Waals surface area contributed by atoms with E-state index in [0.717, 1.165) is 30.6 Å². The smallest absolute Gasteiger partial charge is 0.382 e. The first kappa shape index (κ1) is 25.5. The molecule has 0 radical (unpaired) electrons. The molecule has 0 unspecified atom stereocenters. The van der Waals surface area contributed by atoms with E-state index in [0.29, 0.717) is 17.4 Å². The lowest BCUT2D eigenvalue weighted by Gasteiger charge is -2.27. The highest BCUT2D eigenvalue weighted by atomic mass is 35.5. The molecule has 2 aliphatic carbocycles. The molecule has 3 atom stereocenters. The number of nitrogens with two attached hydrogens (primary N) is 1. The van der Waals surface area contributed by atoms with Crippen molar-refractivity contribution in [1.82, 2.24) is 15.2 Å². The molecule has 33 heavy (non-hydrogen) atoms. The maximum atomic E-state index is 13.1. The Balaban J connectivity index is 0.00000306. The molecule has 1 saturated heterocycles. The zero-order valence-electron chi connectivity index (χ0n) is 18.2.